The molecule has 1 fully saturated rings. The number of carbonyl (C=O) groups excluding carboxylic acids is 1. The van der Waals surface area contributed by atoms with Crippen molar-refractivity contribution in [3.05, 3.63) is 31.0 Å². The number of carbonyl (C=O) groups is 1. The molecule has 9 nitrogen and oxygen atoms in total. The molecule has 0 saturated carbocycles. The van der Waals surface area contributed by atoms with Gasteiger partial charge in [0, 0.05) is 13.1 Å². The Kier molecular flexibility index (Phi) is 3.99. The highest BCUT2D eigenvalue weighted by atomic mass is 32.2. The van der Waals surface area contributed by atoms with Crippen LogP contribution in [0.25, 0.3) is 5.82 Å². The van der Waals surface area contributed by atoms with E-state index in [2.05, 4.69) is 20.4 Å². The minimum absolute atomic E-state index is 0.0143. The summed E-state index contributed by atoms with van der Waals surface area (Å²) in [5.41, 5.74) is 0.520. The summed E-state index contributed by atoms with van der Waals surface area (Å²) in [7, 11) is -1.43. The van der Waals surface area contributed by atoms with Crippen LogP contribution in [0, 0.1) is 0 Å². The molecule has 1 N–H and O–H groups in total. The quantitative estimate of drug-likeness (QED) is 0.864. The Morgan fingerprint density at radius 3 is 2.83 bits per heavy atom. The number of sulfone groups is 1. The summed E-state index contributed by atoms with van der Waals surface area (Å²) in [4.78, 5) is 21.6. The molecule has 0 aliphatic carbocycles. The van der Waals surface area contributed by atoms with Gasteiger partial charge in [-0.1, -0.05) is 0 Å². The zero-order chi connectivity index (χ0) is 16.4. The second kappa shape index (κ2) is 5.95. The first kappa shape index (κ1) is 15.4. The molecule has 0 bridgehead atoms. The van der Waals surface area contributed by atoms with Gasteiger partial charge in [-0.25, -0.2) is 27.9 Å². The third-order valence-corrected chi connectivity index (χ3v) is 5.48. The van der Waals surface area contributed by atoms with Gasteiger partial charge >= 0.3 is 6.03 Å². The van der Waals surface area contributed by atoms with E-state index in [-0.39, 0.29) is 23.6 Å². The summed E-state index contributed by atoms with van der Waals surface area (Å²) >= 11 is 0. The van der Waals surface area contributed by atoms with Gasteiger partial charge in [0.1, 0.15) is 12.7 Å². The van der Waals surface area contributed by atoms with Gasteiger partial charge in [-0.3, -0.25) is 0 Å². The summed E-state index contributed by atoms with van der Waals surface area (Å²) in [5, 5.41) is 6.66. The van der Waals surface area contributed by atoms with Crippen molar-refractivity contribution in [2.45, 2.75) is 12.5 Å². The van der Waals surface area contributed by atoms with Crippen molar-refractivity contribution in [2.75, 3.05) is 23.9 Å². The highest BCUT2D eigenvalue weighted by Crippen LogP contribution is 2.17. The number of amides is 2. The van der Waals surface area contributed by atoms with E-state index in [0.717, 1.165) is 0 Å². The fraction of sp³-hybridized carbons (Fsp3) is 0.385. The van der Waals surface area contributed by atoms with E-state index in [1.165, 1.54) is 28.4 Å². The monoisotopic (exact) mass is 336 g/mol. The molecule has 122 valence electrons. The molecule has 2 aromatic rings. The van der Waals surface area contributed by atoms with Crippen molar-refractivity contribution < 1.29 is 13.2 Å². The molecule has 10 heteroatoms. The van der Waals surface area contributed by atoms with Gasteiger partial charge in [0.25, 0.3) is 0 Å². The molecule has 2 amide bonds. The molecule has 1 saturated heterocycles. The first-order valence-corrected chi connectivity index (χ1v) is 8.82. The fourth-order valence-electron chi connectivity index (χ4n) is 2.38. The fourth-order valence-corrected chi connectivity index (χ4v) is 4.15. The van der Waals surface area contributed by atoms with Gasteiger partial charge in [0.15, 0.2) is 15.7 Å². The van der Waals surface area contributed by atoms with Gasteiger partial charge < -0.3 is 10.2 Å². The lowest BCUT2D eigenvalue weighted by molar-refractivity contribution is 0.209. The molecule has 3 rings (SSSR count). The summed E-state index contributed by atoms with van der Waals surface area (Å²) in [6.45, 7) is 0. The first-order valence-electron chi connectivity index (χ1n) is 7.00. The summed E-state index contributed by atoms with van der Waals surface area (Å²) in [6.07, 6.45) is 4.90. The van der Waals surface area contributed by atoms with Crippen LogP contribution in [-0.2, 0) is 9.84 Å². The molecular formula is C13H16N6O3S. The van der Waals surface area contributed by atoms with E-state index in [0.29, 0.717) is 17.9 Å². The predicted octanol–water partition coefficient (Wildman–Crippen LogP) is 0.313. The van der Waals surface area contributed by atoms with Crippen molar-refractivity contribution in [1.29, 1.82) is 0 Å². The van der Waals surface area contributed by atoms with E-state index in [1.54, 1.807) is 19.2 Å². The van der Waals surface area contributed by atoms with Crippen molar-refractivity contribution in [2.24, 2.45) is 0 Å². The number of hydrogen-bond acceptors (Lipinski definition) is 6. The molecule has 0 aromatic carbocycles. The zero-order valence-corrected chi connectivity index (χ0v) is 13.3. The van der Waals surface area contributed by atoms with Crippen LogP contribution in [0.15, 0.2) is 31.0 Å². The Bertz CT molecular complexity index is 788. The van der Waals surface area contributed by atoms with E-state index in [4.69, 9.17) is 0 Å². The molecule has 1 aliphatic heterocycles. The minimum atomic E-state index is -3.03. The molecule has 3 heterocycles. The topological polar surface area (TPSA) is 110 Å². The van der Waals surface area contributed by atoms with Crippen LogP contribution in [0.2, 0.25) is 0 Å². The summed E-state index contributed by atoms with van der Waals surface area (Å²) in [5.74, 6) is 0.722. The van der Waals surface area contributed by atoms with E-state index < -0.39 is 9.84 Å². The Labute approximate surface area is 133 Å². The second-order valence-electron chi connectivity index (χ2n) is 5.34. The average molecular weight is 336 g/mol. The number of anilines is 1. The maximum atomic E-state index is 12.2. The van der Waals surface area contributed by atoms with Crippen LogP contribution in [0.3, 0.4) is 0 Å². The van der Waals surface area contributed by atoms with E-state index >= 15 is 0 Å². The largest absolute Gasteiger partial charge is 0.324 e. The number of pyridine rings is 1. The lowest BCUT2D eigenvalue weighted by Gasteiger charge is -2.23. The Morgan fingerprint density at radius 2 is 2.26 bits per heavy atom. The number of hydrogen-bond donors (Lipinski definition) is 1. The number of aromatic nitrogens is 4. The summed E-state index contributed by atoms with van der Waals surface area (Å²) < 4.78 is 24.5. The molecule has 1 unspecified atom stereocenters. The van der Waals surface area contributed by atoms with Crippen molar-refractivity contribution in [3.8, 4) is 5.82 Å². The van der Waals surface area contributed by atoms with Crippen LogP contribution in [0.5, 0.6) is 0 Å². The highest BCUT2D eigenvalue weighted by molar-refractivity contribution is 7.91. The van der Waals surface area contributed by atoms with Crippen molar-refractivity contribution in [3.63, 3.8) is 0 Å². The van der Waals surface area contributed by atoms with E-state index in [9.17, 15) is 13.2 Å². The highest BCUT2D eigenvalue weighted by Gasteiger charge is 2.32. The molecule has 23 heavy (non-hydrogen) atoms. The first-order chi connectivity index (χ1) is 10.9. The number of urea groups is 1. The molecule has 1 aliphatic rings. The Balaban J connectivity index is 1.64. The molecule has 2 aromatic heterocycles. The maximum Gasteiger partial charge on any atom is 0.321 e. The molecule has 1 atom stereocenters. The van der Waals surface area contributed by atoms with Gasteiger partial charge in [-0.05, 0) is 18.6 Å². The van der Waals surface area contributed by atoms with Crippen molar-refractivity contribution in [1.82, 2.24) is 24.6 Å². The molecular weight excluding hydrogens is 320 g/mol. The number of nitrogens with zero attached hydrogens (tertiary/aromatic N) is 5. The average Bonchev–Trinajstić information content (AvgIpc) is 3.16. The van der Waals surface area contributed by atoms with Gasteiger partial charge in [-0.2, -0.15) is 5.10 Å². The van der Waals surface area contributed by atoms with Gasteiger partial charge in [0.05, 0.1) is 23.4 Å². The van der Waals surface area contributed by atoms with Crippen LogP contribution in [-0.4, -0.2) is 63.7 Å². The lowest BCUT2D eigenvalue weighted by atomic mass is 10.2. The second-order valence-corrected chi connectivity index (χ2v) is 7.57. The van der Waals surface area contributed by atoms with Crippen LogP contribution in [0.4, 0.5) is 10.5 Å². The third kappa shape index (κ3) is 3.47. The standard InChI is InChI=1S/C13H16N6O3S/c1-18(11-4-5-23(21,22)7-11)13(20)17-10-2-3-12(15-6-10)19-9-14-8-16-19/h2-3,6,8-9,11H,4-5,7H2,1H3,(H,17,20). The predicted molar refractivity (Wildman–Crippen MR) is 83.0 cm³/mol. The summed E-state index contributed by atoms with van der Waals surface area (Å²) in [6, 6.07) is 2.75. The smallest absolute Gasteiger partial charge is 0.321 e. The SMILES string of the molecule is CN(C(=O)Nc1ccc(-n2cncn2)nc1)C1CCS(=O)(=O)C1. The zero-order valence-electron chi connectivity index (χ0n) is 12.5. The third-order valence-electron chi connectivity index (χ3n) is 3.73. The molecule has 0 spiro atoms. The number of rotatable bonds is 3. The van der Waals surface area contributed by atoms with Crippen LogP contribution >= 0.6 is 0 Å². The lowest BCUT2D eigenvalue weighted by Crippen LogP contribution is -2.40. The maximum absolute atomic E-state index is 12.2. The van der Waals surface area contributed by atoms with Gasteiger partial charge in [-0.15, -0.1) is 0 Å². The Hall–Kier alpha value is -2.49. The molecule has 0 radical (unpaired) electrons. The van der Waals surface area contributed by atoms with Crippen LogP contribution in [0.1, 0.15) is 6.42 Å². The van der Waals surface area contributed by atoms with Gasteiger partial charge in [0.2, 0.25) is 0 Å². The van der Waals surface area contributed by atoms with Crippen molar-refractivity contribution >= 4 is 21.6 Å². The number of nitrogens with one attached hydrogen (secondary N) is 1. The minimum Gasteiger partial charge on any atom is -0.324 e. The van der Waals surface area contributed by atoms with E-state index in [1.807, 2.05) is 0 Å². The van der Waals surface area contributed by atoms with Crippen LogP contribution < -0.4 is 5.32 Å². The normalized spacial score (nSPS) is 19.4. The Morgan fingerprint density at radius 1 is 1.43 bits per heavy atom.